The minimum absolute atomic E-state index is 0.110. The molecular formula is C21H26N2O3. The lowest BCUT2D eigenvalue weighted by molar-refractivity contribution is -0.142. The second-order valence-corrected chi connectivity index (χ2v) is 6.13. The number of nitrogens with zero attached hydrogens (tertiary/aromatic N) is 1. The Morgan fingerprint density at radius 2 is 1.73 bits per heavy atom. The van der Waals surface area contributed by atoms with Crippen LogP contribution in [0.2, 0.25) is 0 Å². The van der Waals surface area contributed by atoms with Gasteiger partial charge in [-0.2, -0.15) is 0 Å². The van der Waals surface area contributed by atoms with Crippen LogP contribution in [0.3, 0.4) is 0 Å². The van der Waals surface area contributed by atoms with E-state index >= 15 is 0 Å². The summed E-state index contributed by atoms with van der Waals surface area (Å²) in [4.78, 5) is 26.6. The molecule has 0 aromatic heterocycles. The van der Waals surface area contributed by atoms with Crippen molar-refractivity contribution in [2.45, 2.75) is 33.4 Å². The van der Waals surface area contributed by atoms with Crippen LogP contribution in [0.5, 0.6) is 5.75 Å². The zero-order valence-corrected chi connectivity index (χ0v) is 15.6. The lowest BCUT2D eigenvalue weighted by Crippen LogP contribution is -2.49. The van der Waals surface area contributed by atoms with Gasteiger partial charge in [-0.1, -0.05) is 48.5 Å². The summed E-state index contributed by atoms with van der Waals surface area (Å²) in [5.74, 6) is 0.273. The monoisotopic (exact) mass is 354 g/mol. The molecule has 0 spiro atoms. The molecule has 5 heteroatoms. The Morgan fingerprint density at radius 3 is 2.38 bits per heavy atom. The normalized spacial score (nSPS) is 11.5. The molecule has 0 saturated heterocycles. The van der Waals surface area contributed by atoms with Crippen molar-refractivity contribution in [1.82, 2.24) is 10.2 Å². The first-order valence-electron chi connectivity index (χ1n) is 8.82. The zero-order valence-electron chi connectivity index (χ0n) is 15.6. The number of carbonyl (C=O) groups excluding carboxylic acids is 2. The summed E-state index contributed by atoms with van der Waals surface area (Å²) in [7, 11) is 0. The van der Waals surface area contributed by atoms with Crippen molar-refractivity contribution in [3.63, 3.8) is 0 Å². The molecule has 2 amide bonds. The molecule has 1 atom stereocenters. The molecule has 5 nitrogen and oxygen atoms in total. The second-order valence-electron chi connectivity index (χ2n) is 6.13. The lowest BCUT2D eigenvalue weighted by Gasteiger charge is -2.28. The molecule has 1 N–H and O–H groups in total. The number of ether oxygens (including phenoxy) is 1. The first-order chi connectivity index (χ1) is 12.5. The number of rotatable bonds is 8. The van der Waals surface area contributed by atoms with E-state index in [2.05, 4.69) is 5.32 Å². The van der Waals surface area contributed by atoms with Gasteiger partial charge in [-0.25, -0.2) is 0 Å². The van der Waals surface area contributed by atoms with Crippen molar-refractivity contribution in [2.24, 2.45) is 0 Å². The Hall–Kier alpha value is -2.82. The molecule has 2 aromatic carbocycles. The molecule has 0 aliphatic carbocycles. The van der Waals surface area contributed by atoms with E-state index in [9.17, 15) is 9.59 Å². The van der Waals surface area contributed by atoms with Gasteiger partial charge in [-0.15, -0.1) is 0 Å². The van der Waals surface area contributed by atoms with E-state index in [0.717, 1.165) is 11.1 Å². The van der Waals surface area contributed by atoms with Crippen LogP contribution in [0.4, 0.5) is 0 Å². The minimum atomic E-state index is -0.580. The first-order valence-corrected chi connectivity index (χ1v) is 8.82. The number of likely N-dealkylation sites (N-methyl/N-ethyl adjacent to an activating group) is 1. The van der Waals surface area contributed by atoms with Crippen molar-refractivity contribution >= 4 is 11.8 Å². The van der Waals surface area contributed by atoms with Crippen molar-refractivity contribution in [2.75, 3.05) is 13.2 Å². The van der Waals surface area contributed by atoms with Crippen LogP contribution in [0, 0.1) is 6.92 Å². The summed E-state index contributed by atoms with van der Waals surface area (Å²) in [6, 6.07) is 16.6. The maximum Gasteiger partial charge on any atom is 0.261 e. The summed E-state index contributed by atoms with van der Waals surface area (Å²) in [5.41, 5.74) is 1.93. The molecule has 0 radical (unpaired) electrons. The average molecular weight is 354 g/mol. The van der Waals surface area contributed by atoms with Gasteiger partial charge in [0.15, 0.2) is 6.61 Å². The largest absolute Gasteiger partial charge is 0.484 e. The van der Waals surface area contributed by atoms with E-state index < -0.39 is 6.04 Å². The minimum Gasteiger partial charge on any atom is -0.484 e. The molecular weight excluding hydrogens is 328 g/mol. The highest BCUT2D eigenvalue weighted by atomic mass is 16.5. The molecule has 0 aliphatic rings. The van der Waals surface area contributed by atoms with E-state index in [1.54, 1.807) is 11.8 Å². The van der Waals surface area contributed by atoms with Crippen molar-refractivity contribution in [1.29, 1.82) is 0 Å². The van der Waals surface area contributed by atoms with Crippen molar-refractivity contribution in [3.8, 4) is 5.75 Å². The maximum atomic E-state index is 12.8. The number of benzene rings is 2. The predicted molar refractivity (Wildman–Crippen MR) is 102 cm³/mol. The van der Waals surface area contributed by atoms with Gasteiger partial charge >= 0.3 is 0 Å². The molecule has 2 rings (SSSR count). The summed E-state index contributed by atoms with van der Waals surface area (Å²) in [5, 5.41) is 2.78. The molecule has 0 heterocycles. The van der Waals surface area contributed by atoms with E-state index in [-0.39, 0.29) is 18.4 Å². The van der Waals surface area contributed by atoms with Gasteiger partial charge in [0, 0.05) is 13.1 Å². The number of amides is 2. The van der Waals surface area contributed by atoms with Gasteiger partial charge in [-0.3, -0.25) is 9.59 Å². The number of nitrogens with one attached hydrogen (secondary N) is 1. The van der Waals surface area contributed by atoms with Gasteiger partial charge in [0.1, 0.15) is 11.8 Å². The molecule has 138 valence electrons. The quantitative estimate of drug-likeness (QED) is 0.793. The summed E-state index contributed by atoms with van der Waals surface area (Å²) in [6.45, 7) is 6.29. The maximum absolute atomic E-state index is 12.8. The fourth-order valence-electron chi connectivity index (χ4n) is 2.63. The Morgan fingerprint density at radius 1 is 1.08 bits per heavy atom. The van der Waals surface area contributed by atoms with Crippen molar-refractivity contribution in [3.05, 3.63) is 65.7 Å². The first kappa shape index (κ1) is 19.5. The van der Waals surface area contributed by atoms with Crippen LogP contribution in [0.1, 0.15) is 25.0 Å². The summed E-state index contributed by atoms with van der Waals surface area (Å²) >= 11 is 0. The third-order valence-electron chi connectivity index (χ3n) is 4.16. The highest BCUT2D eigenvalue weighted by Crippen LogP contribution is 2.17. The van der Waals surface area contributed by atoms with E-state index in [1.165, 1.54) is 0 Å². The van der Waals surface area contributed by atoms with E-state index in [0.29, 0.717) is 18.8 Å². The summed E-state index contributed by atoms with van der Waals surface area (Å²) < 4.78 is 5.68. The fraction of sp³-hybridized carbons (Fsp3) is 0.333. The number of hydrogen-bond donors (Lipinski definition) is 1. The van der Waals surface area contributed by atoms with E-state index in [1.807, 2.05) is 68.4 Å². The molecule has 2 aromatic rings. The highest BCUT2D eigenvalue weighted by Gasteiger charge is 2.26. The summed E-state index contributed by atoms with van der Waals surface area (Å²) in [6.07, 6.45) is 0. The van der Waals surface area contributed by atoms with Crippen molar-refractivity contribution < 1.29 is 14.3 Å². The van der Waals surface area contributed by atoms with Gasteiger partial charge in [0.25, 0.3) is 5.91 Å². The second kappa shape index (κ2) is 9.61. The molecule has 0 bridgehead atoms. The van der Waals surface area contributed by atoms with Gasteiger partial charge < -0.3 is 15.0 Å². The topological polar surface area (TPSA) is 58.6 Å². The predicted octanol–water partition coefficient (Wildman–Crippen LogP) is 2.93. The lowest BCUT2D eigenvalue weighted by atomic mass is 10.1. The van der Waals surface area contributed by atoms with Gasteiger partial charge in [0.05, 0.1) is 0 Å². The Balaban J connectivity index is 2.12. The van der Waals surface area contributed by atoms with Gasteiger partial charge in [0.2, 0.25) is 5.91 Å². The third kappa shape index (κ3) is 5.34. The van der Waals surface area contributed by atoms with Crippen LogP contribution < -0.4 is 10.1 Å². The van der Waals surface area contributed by atoms with E-state index in [4.69, 9.17) is 4.74 Å². The Bertz CT molecular complexity index is 731. The van der Waals surface area contributed by atoms with Crippen LogP contribution >= 0.6 is 0 Å². The SMILES string of the molecule is CCNC(=O)[C@H](C)N(Cc1ccccc1)C(=O)COc1ccccc1C. The number of carbonyl (C=O) groups is 2. The highest BCUT2D eigenvalue weighted by molar-refractivity contribution is 5.87. The Labute approximate surface area is 155 Å². The third-order valence-corrected chi connectivity index (χ3v) is 4.16. The number of para-hydroxylation sites is 1. The fourth-order valence-corrected chi connectivity index (χ4v) is 2.63. The van der Waals surface area contributed by atoms with Crippen LogP contribution in [0.15, 0.2) is 54.6 Å². The standard InChI is InChI=1S/C21H26N2O3/c1-4-22-21(25)17(3)23(14-18-11-6-5-7-12-18)20(24)15-26-19-13-9-8-10-16(19)2/h5-13,17H,4,14-15H2,1-3H3,(H,22,25)/t17-/m0/s1. The molecule has 26 heavy (non-hydrogen) atoms. The molecule has 0 aliphatic heterocycles. The number of aryl methyl sites for hydroxylation is 1. The van der Waals surface area contributed by atoms with Crippen LogP contribution in [-0.2, 0) is 16.1 Å². The average Bonchev–Trinajstić information content (AvgIpc) is 2.65. The van der Waals surface area contributed by atoms with Gasteiger partial charge in [-0.05, 0) is 38.0 Å². The van der Waals surface area contributed by atoms with Crippen LogP contribution in [0.25, 0.3) is 0 Å². The smallest absolute Gasteiger partial charge is 0.261 e. The molecule has 0 unspecified atom stereocenters. The Kier molecular flexibility index (Phi) is 7.21. The zero-order chi connectivity index (χ0) is 18.9. The molecule has 0 saturated carbocycles. The van der Waals surface area contributed by atoms with Crippen LogP contribution in [-0.4, -0.2) is 35.9 Å². The molecule has 0 fully saturated rings. The number of hydrogen-bond acceptors (Lipinski definition) is 3.